The van der Waals surface area contributed by atoms with Crippen LogP contribution in [0.25, 0.3) is 0 Å². The summed E-state index contributed by atoms with van der Waals surface area (Å²) in [6.07, 6.45) is -3.29. The molecule has 1 aliphatic heterocycles. The van der Waals surface area contributed by atoms with Crippen LogP contribution in [0.3, 0.4) is 0 Å². The van der Waals surface area contributed by atoms with E-state index in [0.717, 1.165) is 6.42 Å². The van der Waals surface area contributed by atoms with Crippen LogP contribution in [-0.4, -0.2) is 42.7 Å². The molecule has 0 saturated carbocycles. The lowest BCUT2D eigenvalue weighted by Gasteiger charge is -2.31. The molecule has 0 bridgehead atoms. The molecule has 1 saturated heterocycles. The topological polar surface area (TPSA) is 84.7 Å². The molecule has 1 aliphatic rings. The number of carbonyl (C=O) groups excluding carboxylic acids is 2. The number of carbonyl (C=O) groups is 2. The number of rotatable bonds is 6. The maximum absolute atomic E-state index is 12.3. The molecule has 2 rings (SSSR count). The number of amides is 2. The molecule has 0 spiro atoms. The Morgan fingerprint density at radius 3 is 2.80 bits per heavy atom. The number of nitrogens with two attached hydrogens (primary N) is 1. The fraction of sp³-hybridized carbons (Fsp3) is 0.500. The molecule has 1 atom stereocenters. The summed E-state index contributed by atoms with van der Waals surface area (Å²) in [4.78, 5) is 25.1. The van der Waals surface area contributed by atoms with Crippen molar-refractivity contribution in [3.8, 4) is 5.75 Å². The molecule has 0 unspecified atom stereocenters. The van der Waals surface area contributed by atoms with Crippen molar-refractivity contribution in [2.45, 2.75) is 25.7 Å². The number of hydrogen-bond acceptors (Lipinski definition) is 4. The standard InChI is InChI=1S/C16H20F3N3O3/c17-16(18,19)25-13-5-1-3-11(7-13)8-21-15(24)12-4-2-6-22(9-12)10-14(20)23/h1,3,5,7,12H,2,4,6,8-10H2,(H2,20,23)(H,21,24)/t12-/m0/s1. The lowest BCUT2D eigenvalue weighted by Crippen LogP contribution is -2.45. The van der Waals surface area contributed by atoms with Crippen molar-refractivity contribution in [1.29, 1.82) is 0 Å². The van der Waals surface area contributed by atoms with Crippen molar-refractivity contribution in [1.82, 2.24) is 10.2 Å². The molecule has 25 heavy (non-hydrogen) atoms. The minimum atomic E-state index is -4.76. The molecular weight excluding hydrogens is 339 g/mol. The van der Waals surface area contributed by atoms with E-state index in [0.29, 0.717) is 25.1 Å². The number of likely N-dealkylation sites (tertiary alicyclic amines) is 1. The number of piperidine rings is 1. The van der Waals surface area contributed by atoms with Crippen LogP contribution in [0.2, 0.25) is 0 Å². The van der Waals surface area contributed by atoms with Crippen LogP contribution in [0.15, 0.2) is 24.3 Å². The summed E-state index contributed by atoms with van der Waals surface area (Å²) < 4.78 is 40.5. The van der Waals surface area contributed by atoms with E-state index in [1.165, 1.54) is 18.2 Å². The maximum Gasteiger partial charge on any atom is 0.573 e. The normalized spacial score (nSPS) is 18.6. The average Bonchev–Trinajstić information content (AvgIpc) is 2.51. The van der Waals surface area contributed by atoms with Gasteiger partial charge in [-0.1, -0.05) is 12.1 Å². The molecule has 2 amide bonds. The van der Waals surface area contributed by atoms with Gasteiger partial charge in [0.05, 0.1) is 12.5 Å². The number of benzene rings is 1. The lowest BCUT2D eigenvalue weighted by atomic mass is 9.97. The van der Waals surface area contributed by atoms with Gasteiger partial charge in [0.2, 0.25) is 11.8 Å². The van der Waals surface area contributed by atoms with Crippen LogP contribution in [0, 0.1) is 5.92 Å². The van der Waals surface area contributed by atoms with E-state index in [9.17, 15) is 22.8 Å². The van der Waals surface area contributed by atoms with Gasteiger partial charge in [0.25, 0.3) is 0 Å². The number of alkyl halides is 3. The van der Waals surface area contributed by atoms with Crippen molar-refractivity contribution < 1.29 is 27.5 Å². The Bertz CT molecular complexity index is 622. The van der Waals surface area contributed by atoms with E-state index in [4.69, 9.17) is 5.73 Å². The third-order valence-electron chi connectivity index (χ3n) is 3.85. The Hall–Kier alpha value is -2.29. The minimum absolute atomic E-state index is 0.0974. The first-order valence-electron chi connectivity index (χ1n) is 7.86. The number of nitrogens with zero attached hydrogens (tertiary/aromatic N) is 1. The Balaban J connectivity index is 1.87. The fourth-order valence-corrected chi connectivity index (χ4v) is 2.82. The Labute approximate surface area is 143 Å². The molecule has 0 radical (unpaired) electrons. The predicted octanol–water partition coefficient (Wildman–Crippen LogP) is 1.40. The third-order valence-corrected chi connectivity index (χ3v) is 3.85. The highest BCUT2D eigenvalue weighted by molar-refractivity contribution is 5.79. The molecule has 9 heteroatoms. The molecule has 1 aromatic carbocycles. The second-order valence-corrected chi connectivity index (χ2v) is 5.95. The highest BCUT2D eigenvalue weighted by Crippen LogP contribution is 2.23. The lowest BCUT2D eigenvalue weighted by molar-refractivity contribution is -0.274. The maximum atomic E-state index is 12.3. The Kier molecular flexibility index (Phi) is 6.24. The summed E-state index contributed by atoms with van der Waals surface area (Å²) in [6, 6.07) is 5.46. The van der Waals surface area contributed by atoms with Crippen LogP contribution in [-0.2, 0) is 16.1 Å². The highest BCUT2D eigenvalue weighted by atomic mass is 19.4. The Morgan fingerprint density at radius 1 is 1.36 bits per heavy atom. The first-order chi connectivity index (χ1) is 11.7. The largest absolute Gasteiger partial charge is 0.573 e. The zero-order valence-electron chi connectivity index (χ0n) is 13.5. The summed E-state index contributed by atoms with van der Waals surface area (Å²) in [7, 11) is 0. The second kappa shape index (κ2) is 8.19. The predicted molar refractivity (Wildman–Crippen MR) is 83.3 cm³/mol. The van der Waals surface area contributed by atoms with Crippen molar-refractivity contribution in [3.63, 3.8) is 0 Å². The van der Waals surface area contributed by atoms with Gasteiger partial charge in [0.1, 0.15) is 5.75 Å². The van der Waals surface area contributed by atoms with Gasteiger partial charge >= 0.3 is 6.36 Å². The number of halogens is 3. The molecule has 6 nitrogen and oxygen atoms in total. The highest BCUT2D eigenvalue weighted by Gasteiger charge is 2.31. The first-order valence-corrected chi connectivity index (χ1v) is 7.86. The number of nitrogens with one attached hydrogen (secondary N) is 1. The van der Waals surface area contributed by atoms with Gasteiger partial charge in [0.15, 0.2) is 0 Å². The zero-order valence-corrected chi connectivity index (χ0v) is 13.5. The van der Waals surface area contributed by atoms with Gasteiger partial charge in [0, 0.05) is 13.1 Å². The summed E-state index contributed by atoms with van der Waals surface area (Å²) in [6.45, 7) is 1.36. The van der Waals surface area contributed by atoms with Gasteiger partial charge in [-0.15, -0.1) is 13.2 Å². The molecular formula is C16H20F3N3O3. The molecule has 0 aromatic heterocycles. The summed E-state index contributed by atoms with van der Waals surface area (Å²) in [5.74, 6) is -1.24. The third kappa shape index (κ3) is 6.61. The van der Waals surface area contributed by atoms with Gasteiger partial charge in [-0.25, -0.2) is 0 Å². The monoisotopic (exact) mass is 359 g/mol. The SMILES string of the molecule is NC(=O)CN1CCC[C@H](C(=O)NCc2cccc(OC(F)(F)F)c2)C1. The van der Waals surface area contributed by atoms with Crippen LogP contribution in [0.5, 0.6) is 5.75 Å². The molecule has 138 valence electrons. The van der Waals surface area contributed by atoms with Crippen LogP contribution in [0.1, 0.15) is 18.4 Å². The van der Waals surface area contributed by atoms with E-state index < -0.39 is 12.3 Å². The van der Waals surface area contributed by atoms with Gasteiger partial charge in [-0.2, -0.15) is 0 Å². The summed E-state index contributed by atoms with van der Waals surface area (Å²) in [5, 5.41) is 2.71. The van der Waals surface area contributed by atoms with E-state index in [-0.39, 0.29) is 30.7 Å². The van der Waals surface area contributed by atoms with Crippen LogP contribution < -0.4 is 15.8 Å². The summed E-state index contributed by atoms with van der Waals surface area (Å²) in [5.41, 5.74) is 5.66. The smallest absolute Gasteiger partial charge is 0.406 e. The van der Waals surface area contributed by atoms with E-state index in [1.807, 2.05) is 4.90 Å². The molecule has 1 aromatic rings. The van der Waals surface area contributed by atoms with Gasteiger partial charge < -0.3 is 15.8 Å². The van der Waals surface area contributed by atoms with Gasteiger partial charge in [-0.3, -0.25) is 14.5 Å². The zero-order chi connectivity index (χ0) is 18.4. The van der Waals surface area contributed by atoms with E-state index in [1.54, 1.807) is 6.07 Å². The van der Waals surface area contributed by atoms with Crippen LogP contribution in [0.4, 0.5) is 13.2 Å². The molecule has 1 fully saturated rings. The van der Waals surface area contributed by atoms with Crippen LogP contribution >= 0.6 is 0 Å². The van der Waals surface area contributed by atoms with E-state index >= 15 is 0 Å². The number of hydrogen-bond donors (Lipinski definition) is 2. The molecule has 3 N–H and O–H groups in total. The van der Waals surface area contributed by atoms with Gasteiger partial charge in [-0.05, 0) is 37.1 Å². The second-order valence-electron chi connectivity index (χ2n) is 5.95. The fourth-order valence-electron chi connectivity index (χ4n) is 2.82. The average molecular weight is 359 g/mol. The molecule has 1 heterocycles. The Morgan fingerprint density at radius 2 is 2.12 bits per heavy atom. The minimum Gasteiger partial charge on any atom is -0.406 e. The van der Waals surface area contributed by atoms with E-state index in [2.05, 4.69) is 10.1 Å². The van der Waals surface area contributed by atoms with Crippen molar-refractivity contribution in [2.24, 2.45) is 11.7 Å². The van der Waals surface area contributed by atoms with Crippen molar-refractivity contribution >= 4 is 11.8 Å². The number of primary amides is 1. The van der Waals surface area contributed by atoms with Crippen molar-refractivity contribution in [3.05, 3.63) is 29.8 Å². The quantitative estimate of drug-likeness (QED) is 0.804. The summed E-state index contributed by atoms with van der Waals surface area (Å²) >= 11 is 0. The number of ether oxygens (including phenoxy) is 1. The molecule has 0 aliphatic carbocycles. The first kappa shape index (κ1) is 19.0. The van der Waals surface area contributed by atoms with Crippen molar-refractivity contribution in [2.75, 3.05) is 19.6 Å².